The highest BCUT2D eigenvalue weighted by Crippen LogP contribution is 2.39. The van der Waals surface area contributed by atoms with Crippen molar-refractivity contribution in [1.82, 2.24) is 0 Å². The van der Waals surface area contributed by atoms with Crippen molar-refractivity contribution in [3.8, 4) is 0 Å². The fraction of sp³-hybridized carbons (Fsp3) is 0.833. The van der Waals surface area contributed by atoms with Crippen molar-refractivity contribution in [3.05, 3.63) is 12.7 Å². The highest BCUT2D eigenvalue weighted by molar-refractivity contribution is 6.74. The summed E-state index contributed by atoms with van der Waals surface area (Å²) in [6.45, 7) is 17.1. The first-order valence-corrected chi connectivity index (χ1v) is 8.56. The van der Waals surface area contributed by atoms with Gasteiger partial charge in [-0.15, -0.1) is 6.58 Å². The minimum absolute atomic E-state index is 0.189. The van der Waals surface area contributed by atoms with Crippen LogP contribution < -0.4 is 0 Å². The molecule has 0 bridgehead atoms. The largest absolute Gasteiger partial charge is 0.411 e. The fourth-order valence-electron chi connectivity index (χ4n) is 1.41. The van der Waals surface area contributed by atoms with Crippen LogP contribution in [0.2, 0.25) is 18.1 Å². The second kappa shape index (κ2) is 4.04. The van der Waals surface area contributed by atoms with Crippen molar-refractivity contribution in [2.45, 2.75) is 64.1 Å². The van der Waals surface area contributed by atoms with Gasteiger partial charge in [0.05, 0.1) is 6.10 Å². The minimum atomic E-state index is -1.65. The maximum absolute atomic E-state index is 6.22. The molecule has 2 nitrogen and oxygen atoms in total. The molecular weight excluding hydrogens is 204 g/mol. The van der Waals surface area contributed by atoms with Crippen molar-refractivity contribution in [3.63, 3.8) is 0 Å². The first kappa shape index (κ1) is 12.9. The molecule has 3 atom stereocenters. The third-order valence-electron chi connectivity index (χ3n) is 3.54. The molecule has 3 unspecified atom stereocenters. The lowest BCUT2D eigenvalue weighted by Crippen LogP contribution is -2.44. The van der Waals surface area contributed by atoms with Crippen LogP contribution in [0.25, 0.3) is 0 Å². The SMILES string of the molecule is C=CC1OC1C(C)O[Si](C)(C)C(C)(C)C. The fourth-order valence-corrected chi connectivity index (χ4v) is 2.83. The van der Waals surface area contributed by atoms with Crippen LogP contribution in [-0.2, 0) is 9.16 Å². The Morgan fingerprint density at radius 3 is 2.27 bits per heavy atom. The molecule has 0 aliphatic carbocycles. The molecule has 0 spiro atoms. The van der Waals surface area contributed by atoms with Crippen molar-refractivity contribution >= 4 is 8.32 Å². The van der Waals surface area contributed by atoms with E-state index in [4.69, 9.17) is 9.16 Å². The standard InChI is InChI=1S/C12H24O2Si/c1-8-10-11(13-10)9(2)14-15(6,7)12(3,4)5/h8-11H,1H2,2-7H3. The van der Waals surface area contributed by atoms with E-state index in [1.54, 1.807) is 0 Å². The van der Waals surface area contributed by atoms with Gasteiger partial charge in [0.1, 0.15) is 12.2 Å². The Bertz CT molecular complexity index is 242. The Morgan fingerprint density at radius 1 is 1.40 bits per heavy atom. The van der Waals surface area contributed by atoms with Crippen LogP contribution in [0.3, 0.4) is 0 Å². The van der Waals surface area contributed by atoms with Gasteiger partial charge in [-0.1, -0.05) is 26.8 Å². The Labute approximate surface area is 94.8 Å². The maximum atomic E-state index is 6.22. The van der Waals surface area contributed by atoms with Gasteiger partial charge in [-0.25, -0.2) is 0 Å². The quantitative estimate of drug-likeness (QED) is 0.418. The van der Waals surface area contributed by atoms with Gasteiger partial charge in [-0.3, -0.25) is 0 Å². The van der Waals surface area contributed by atoms with Gasteiger partial charge in [0.25, 0.3) is 0 Å². The molecular formula is C12H24O2Si. The average Bonchev–Trinajstić information content (AvgIpc) is 2.79. The molecule has 1 aliphatic heterocycles. The third-order valence-corrected chi connectivity index (χ3v) is 8.12. The van der Waals surface area contributed by atoms with Crippen LogP contribution >= 0.6 is 0 Å². The molecule has 0 amide bonds. The van der Waals surface area contributed by atoms with Crippen molar-refractivity contribution in [2.75, 3.05) is 0 Å². The lowest BCUT2D eigenvalue weighted by Gasteiger charge is -2.38. The molecule has 3 heteroatoms. The van der Waals surface area contributed by atoms with Crippen LogP contribution in [-0.4, -0.2) is 26.6 Å². The average molecular weight is 228 g/mol. The molecule has 1 aliphatic rings. The normalized spacial score (nSPS) is 28.7. The van der Waals surface area contributed by atoms with E-state index in [1.165, 1.54) is 0 Å². The molecule has 1 rings (SSSR count). The molecule has 88 valence electrons. The third kappa shape index (κ3) is 2.92. The second-order valence-electron chi connectivity index (χ2n) is 5.88. The van der Waals surface area contributed by atoms with Crippen LogP contribution in [0.1, 0.15) is 27.7 Å². The number of epoxide rings is 1. The van der Waals surface area contributed by atoms with Gasteiger partial charge in [0, 0.05) is 0 Å². The molecule has 0 radical (unpaired) electrons. The molecule has 0 saturated carbocycles. The lowest BCUT2D eigenvalue weighted by atomic mass is 10.2. The molecule has 15 heavy (non-hydrogen) atoms. The van der Waals surface area contributed by atoms with Crippen molar-refractivity contribution in [2.24, 2.45) is 0 Å². The van der Waals surface area contributed by atoms with E-state index in [1.807, 2.05) is 6.08 Å². The van der Waals surface area contributed by atoms with E-state index in [2.05, 4.69) is 47.4 Å². The summed E-state index contributed by atoms with van der Waals surface area (Å²) in [5.41, 5.74) is 0. The predicted octanol–water partition coefficient (Wildman–Crippen LogP) is 3.35. The van der Waals surface area contributed by atoms with E-state index in [0.717, 1.165) is 0 Å². The van der Waals surface area contributed by atoms with E-state index in [9.17, 15) is 0 Å². The molecule has 1 saturated heterocycles. The van der Waals surface area contributed by atoms with Gasteiger partial charge in [0.15, 0.2) is 8.32 Å². The molecule has 1 fully saturated rings. The summed E-state index contributed by atoms with van der Waals surface area (Å²) >= 11 is 0. The summed E-state index contributed by atoms with van der Waals surface area (Å²) < 4.78 is 11.7. The summed E-state index contributed by atoms with van der Waals surface area (Å²) in [6, 6.07) is 0. The highest BCUT2D eigenvalue weighted by atomic mass is 28.4. The molecule has 0 aromatic rings. The Balaban J connectivity index is 2.51. The molecule has 0 aromatic heterocycles. The van der Waals surface area contributed by atoms with E-state index >= 15 is 0 Å². The van der Waals surface area contributed by atoms with E-state index in [0.29, 0.717) is 0 Å². The lowest BCUT2D eigenvalue weighted by molar-refractivity contribution is 0.159. The monoisotopic (exact) mass is 228 g/mol. The molecule has 1 heterocycles. The van der Waals surface area contributed by atoms with Gasteiger partial charge in [-0.2, -0.15) is 0 Å². The minimum Gasteiger partial charge on any atom is -0.411 e. The number of hydrogen-bond donors (Lipinski definition) is 0. The maximum Gasteiger partial charge on any atom is 0.192 e. The zero-order valence-corrected chi connectivity index (χ0v) is 11.8. The summed E-state index contributed by atoms with van der Waals surface area (Å²) in [6.07, 6.45) is 2.49. The first-order valence-electron chi connectivity index (χ1n) is 5.65. The Morgan fingerprint density at radius 2 is 1.93 bits per heavy atom. The van der Waals surface area contributed by atoms with E-state index in [-0.39, 0.29) is 23.4 Å². The van der Waals surface area contributed by atoms with Gasteiger partial charge >= 0.3 is 0 Å². The zero-order chi connectivity index (χ0) is 11.9. The van der Waals surface area contributed by atoms with Crippen LogP contribution in [0.5, 0.6) is 0 Å². The van der Waals surface area contributed by atoms with Crippen molar-refractivity contribution in [1.29, 1.82) is 0 Å². The van der Waals surface area contributed by atoms with Gasteiger partial charge in [0.2, 0.25) is 0 Å². The Kier molecular flexibility index (Phi) is 3.48. The highest BCUT2D eigenvalue weighted by Gasteiger charge is 2.46. The molecule has 0 N–H and O–H groups in total. The summed E-state index contributed by atoms with van der Waals surface area (Å²) in [7, 11) is -1.65. The predicted molar refractivity (Wildman–Crippen MR) is 66.6 cm³/mol. The number of ether oxygens (including phenoxy) is 1. The summed E-state index contributed by atoms with van der Waals surface area (Å²) in [5, 5.41) is 0.264. The summed E-state index contributed by atoms with van der Waals surface area (Å²) in [5.74, 6) is 0. The first-order chi connectivity index (χ1) is 6.69. The number of rotatable bonds is 4. The van der Waals surface area contributed by atoms with Gasteiger partial charge < -0.3 is 9.16 Å². The molecule has 0 aromatic carbocycles. The Hall–Kier alpha value is -0.123. The van der Waals surface area contributed by atoms with Crippen LogP contribution in [0.15, 0.2) is 12.7 Å². The van der Waals surface area contributed by atoms with Crippen molar-refractivity contribution < 1.29 is 9.16 Å². The zero-order valence-electron chi connectivity index (χ0n) is 10.8. The van der Waals surface area contributed by atoms with Crippen LogP contribution in [0, 0.1) is 0 Å². The van der Waals surface area contributed by atoms with Gasteiger partial charge in [-0.05, 0) is 25.1 Å². The second-order valence-corrected chi connectivity index (χ2v) is 10.6. The summed E-state index contributed by atoms with van der Waals surface area (Å²) in [4.78, 5) is 0. The topological polar surface area (TPSA) is 21.8 Å². The number of hydrogen-bond acceptors (Lipinski definition) is 2. The smallest absolute Gasteiger partial charge is 0.192 e. The van der Waals surface area contributed by atoms with Crippen LogP contribution in [0.4, 0.5) is 0 Å². The van der Waals surface area contributed by atoms with E-state index < -0.39 is 8.32 Å².